The molecule has 5 aromatic rings. The second kappa shape index (κ2) is 7.06. The van der Waals surface area contributed by atoms with Crippen molar-refractivity contribution in [3.8, 4) is 11.5 Å². The Morgan fingerprint density at radius 2 is 1.88 bits per heavy atom. The molecule has 0 saturated carbocycles. The van der Waals surface area contributed by atoms with Crippen LogP contribution in [-0.4, -0.2) is 35.4 Å². The van der Waals surface area contributed by atoms with Gasteiger partial charge in [0.15, 0.2) is 11.4 Å². The van der Waals surface area contributed by atoms with E-state index in [9.17, 15) is 4.79 Å². The number of carbonyl (C=O) groups excluding carboxylic acids is 1. The van der Waals surface area contributed by atoms with Gasteiger partial charge in [0.1, 0.15) is 5.75 Å². The Balaban J connectivity index is 1.43. The molecule has 3 aromatic heterocycles. The molecule has 1 amide bonds. The predicted molar refractivity (Wildman–Crippen MR) is 122 cm³/mol. The number of aromatic nitrogens is 6. The highest BCUT2D eigenvalue weighted by Gasteiger charge is 2.43. The number of hydrogen-bond donors (Lipinski definition) is 1. The largest absolute Gasteiger partial charge is 0.454 e. The molecule has 1 atom stereocenters. The van der Waals surface area contributed by atoms with Crippen LogP contribution in [0.25, 0.3) is 11.0 Å². The van der Waals surface area contributed by atoms with Crippen molar-refractivity contribution in [3.05, 3.63) is 83.7 Å². The van der Waals surface area contributed by atoms with E-state index in [0.29, 0.717) is 17.2 Å². The highest BCUT2D eigenvalue weighted by molar-refractivity contribution is 6.11. The predicted octanol–water partition coefficient (Wildman–Crippen LogP) is 3.88. The van der Waals surface area contributed by atoms with Crippen LogP contribution in [0.4, 0.5) is 5.69 Å². The van der Waals surface area contributed by atoms with E-state index >= 15 is 0 Å². The summed E-state index contributed by atoms with van der Waals surface area (Å²) >= 11 is 0. The number of rotatable bonds is 4. The number of aromatic amines is 1. The molecule has 0 aliphatic carbocycles. The van der Waals surface area contributed by atoms with Crippen molar-refractivity contribution in [1.29, 1.82) is 0 Å². The number of benzene rings is 2. The Kier molecular flexibility index (Phi) is 4.13. The van der Waals surface area contributed by atoms with Crippen molar-refractivity contribution in [2.24, 2.45) is 14.1 Å². The Morgan fingerprint density at radius 3 is 2.64 bits per heavy atom. The van der Waals surface area contributed by atoms with Crippen LogP contribution in [0.5, 0.6) is 11.5 Å². The quantitative estimate of drug-likeness (QED) is 0.459. The fourth-order valence-electron chi connectivity index (χ4n) is 4.43. The smallest absolute Gasteiger partial charge is 0.280 e. The molecular formula is C24H21N7O2. The number of hydrogen-bond acceptors (Lipinski definition) is 5. The molecule has 1 aliphatic heterocycles. The van der Waals surface area contributed by atoms with Gasteiger partial charge < -0.3 is 9.72 Å². The second-order valence-electron chi connectivity index (χ2n) is 8.17. The maximum Gasteiger partial charge on any atom is 0.280 e. The molecule has 0 saturated heterocycles. The number of carbonyl (C=O) groups is 1. The summed E-state index contributed by atoms with van der Waals surface area (Å²) in [5.74, 6) is 1.25. The van der Waals surface area contributed by atoms with Crippen molar-refractivity contribution in [2.45, 2.75) is 13.0 Å². The van der Waals surface area contributed by atoms with E-state index in [2.05, 4.69) is 20.2 Å². The van der Waals surface area contributed by atoms with Crippen molar-refractivity contribution in [2.75, 3.05) is 4.90 Å². The standard InChI is InChI=1S/C24H21N7O2/c1-14-21-22(28-30(14)3)24(32)31(16-6-9-19-20(10-16)26-13-25-19)23(21)15-4-7-17(8-5-15)33-18-11-27-29(2)12-18/h4-13,23H,1-3H3,(H,25,26). The molecular weight excluding hydrogens is 418 g/mol. The lowest BCUT2D eigenvalue weighted by atomic mass is 9.98. The van der Waals surface area contributed by atoms with Crippen molar-refractivity contribution >= 4 is 22.6 Å². The van der Waals surface area contributed by atoms with E-state index in [0.717, 1.165) is 33.5 Å². The molecule has 2 aromatic carbocycles. The number of H-pyrrole nitrogens is 1. The molecule has 33 heavy (non-hydrogen) atoms. The maximum atomic E-state index is 13.5. The van der Waals surface area contributed by atoms with Crippen LogP contribution < -0.4 is 9.64 Å². The summed E-state index contributed by atoms with van der Waals surface area (Å²) < 4.78 is 9.35. The summed E-state index contributed by atoms with van der Waals surface area (Å²) in [7, 11) is 3.71. The normalized spacial score (nSPS) is 15.4. The Bertz CT molecular complexity index is 1510. The average molecular weight is 439 g/mol. The van der Waals surface area contributed by atoms with Crippen LogP contribution in [0, 0.1) is 6.92 Å². The molecule has 164 valence electrons. The van der Waals surface area contributed by atoms with Gasteiger partial charge in [0.25, 0.3) is 5.91 Å². The molecule has 9 nitrogen and oxygen atoms in total. The van der Waals surface area contributed by atoms with Gasteiger partial charge >= 0.3 is 0 Å². The first-order chi connectivity index (χ1) is 16.0. The number of aryl methyl sites for hydroxylation is 2. The fraction of sp³-hybridized carbons (Fsp3) is 0.167. The van der Waals surface area contributed by atoms with Crippen LogP contribution in [0.15, 0.2) is 61.2 Å². The van der Waals surface area contributed by atoms with E-state index in [4.69, 9.17) is 4.74 Å². The van der Waals surface area contributed by atoms with E-state index in [1.807, 2.05) is 74.6 Å². The van der Waals surface area contributed by atoms with Crippen LogP contribution in [-0.2, 0) is 14.1 Å². The van der Waals surface area contributed by atoms with Gasteiger partial charge in [0.05, 0.1) is 35.8 Å². The average Bonchev–Trinajstić information content (AvgIpc) is 3.56. The SMILES string of the molecule is Cc1c2c(nn1C)C(=O)N(c1ccc3nc[nH]c3c1)C2c1ccc(Oc2cnn(C)c2)cc1. The summed E-state index contributed by atoms with van der Waals surface area (Å²) in [5.41, 5.74) is 5.87. The molecule has 6 rings (SSSR count). The lowest BCUT2D eigenvalue weighted by molar-refractivity contribution is 0.0988. The number of ether oxygens (including phenoxy) is 1. The molecule has 4 heterocycles. The van der Waals surface area contributed by atoms with Crippen LogP contribution in [0.3, 0.4) is 0 Å². The van der Waals surface area contributed by atoms with Gasteiger partial charge in [-0.2, -0.15) is 10.2 Å². The maximum absolute atomic E-state index is 13.5. The van der Waals surface area contributed by atoms with Gasteiger partial charge in [-0.15, -0.1) is 0 Å². The number of amides is 1. The monoisotopic (exact) mass is 439 g/mol. The van der Waals surface area contributed by atoms with E-state index in [1.165, 1.54) is 0 Å². The topological polar surface area (TPSA) is 93.9 Å². The zero-order valence-corrected chi connectivity index (χ0v) is 18.4. The van der Waals surface area contributed by atoms with Crippen molar-refractivity contribution in [1.82, 2.24) is 29.5 Å². The number of imidazole rings is 1. The summed E-state index contributed by atoms with van der Waals surface area (Å²) in [4.78, 5) is 22.7. The lowest BCUT2D eigenvalue weighted by Gasteiger charge is -2.26. The van der Waals surface area contributed by atoms with Crippen LogP contribution in [0.1, 0.15) is 33.4 Å². The van der Waals surface area contributed by atoms with Gasteiger partial charge in [0.2, 0.25) is 0 Å². The van der Waals surface area contributed by atoms with Crippen molar-refractivity contribution < 1.29 is 9.53 Å². The number of anilines is 1. The Labute approximate surface area is 189 Å². The summed E-state index contributed by atoms with van der Waals surface area (Å²) in [6.07, 6.45) is 5.13. The van der Waals surface area contributed by atoms with Gasteiger partial charge in [-0.1, -0.05) is 12.1 Å². The van der Waals surface area contributed by atoms with Gasteiger partial charge in [-0.3, -0.25) is 19.1 Å². The first-order valence-corrected chi connectivity index (χ1v) is 10.6. The van der Waals surface area contributed by atoms with E-state index < -0.39 is 0 Å². The summed E-state index contributed by atoms with van der Waals surface area (Å²) in [6.45, 7) is 1.99. The third-order valence-electron chi connectivity index (χ3n) is 6.13. The molecule has 0 spiro atoms. The summed E-state index contributed by atoms with van der Waals surface area (Å²) in [6, 6.07) is 13.3. The zero-order chi connectivity index (χ0) is 22.7. The van der Waals surface area contributed by atoms with E-state index in [1.54, 1.807) is 21.9 Å². The first-order valence-electron chi connectivity index (χ1n) is 10.6. The minimum absolute atomic E-state index is 0.117. The number of nitrogens with zero attached hydrogens (tertiary/aromatic N) is 6. The minimum atomic E-state index is -0.297. The Hall–Kier alpha value is -4.40. The zero-order valence-electron chi connectivity index (χ0n) is 18.4. The Morgan fingerprint density at radius 1 is 1.06 bits per heavy atom. The molecule has 9 heteroatoms. The third-order valence-corrected chi connectivity index (χ3v) is 6.13. The van der Waals surface area contributed by atoms with E-state index in [-0.39, 0.29) is 11.9 Å². The molecule has 0 radical (unpaired) electrons. The molecule has 1 unspecified atom stereocenters. The van der Waals surface area contributed by atoms with Crippen LogP contribution in [0.2, 0.25) is 0 Å². The van der Waals surface area contributed by atoms with Gasteiger partial charge in [-0.25, -0.2) is 4.98 Å². The number of nitrogens with one attached hydrogen (secondary N) is 1. The highest BCUT2D eigenvalue weighted by atomic mass is 16.5. The lowest BCUT2D eigenvalue weighted by Crippen LogP contribution is -2.29. The second-order valence-corrected chi connectivity index (χ2v) is 8.17. The molecule has 1 N–H and O–H groups in total. The number of fused-ring (bicyclic) bond motifs is 2. The third kappa shape index (κ3) is 3.00. The molecule has 1 aliphatic rings. The van der Waals surface area contributed by atoms with Gasteiger partial charge in [0, 0.05) is 31.0 Å². The first kappa shape index (κ1) is 19.3. The summed E-state index contributed by atoms with van der Waals surface area (Å²) in [5, 5.41) is 8.65. The minimum Gasteiger partial charge on any atom is -0.454 e. The van der Waals surface area contributed by atoms with Crippen molar-refractivity contribution in [3.63, 3.8) is 0 Å². The van der Waals surface area contributed by atoms with Gasteiger partial charge in [-0.05, 0) is 42.8 Å². The van der Waals surface area contributed by atoms with Crippen LogP contribution >= 0.6 is 0 Å². The highest BCUT2D eigenvalue weighted by Crippen LogP contribution is 2.43. The fourth-order valence-corrected chi connectivity index (χ4v) is 4.43. The molecule has 0 bridgehead atoms. The molecule has 0 fully saturated rings.